The summed E-state index contributed by atoms with van der Waals surface area (Å²) in [6, 6.07) is 8.91. The fraction of sp³-hybridized carbons (Fsp3) is 0.500. The predicted molar refractivity (Wildman–Crippen MR) is 62.2 cm³/mol. The molecule has 0 aliphatic heterocycles. The number of benzene rings is 1. The van der Waals surface area contributed by atoms with Gasteiger partial charge in [0.15, 0.2) is 0 Å². The van der Waals surface area contributed by atoms with Crippen LogP contribution >= 0.6 is 0 Å². The standard InChI is InChI=1S/C12H18N2O/c1-15-12-4-2-3-10(8-12)14-11-6-5-9(13)7-11/h2-4,8-9,11,14H,5-7,13H2,1H3. The second-order valence-electron chi connectivity index (χ2n) is 4.15. The molecule has 0 bridgehead atoms. The third-order valence-electron chi connectivity index (χ3n) is 2.91. The maximum atomic E-state index is 5.87. The summed E-state index contributed by atoms with van der Waals surface area (Å²) in [5.41, 5.74) is 6.99. The lowest BCUT2D eigenvalue weighted by Crippen LogP contribution is -2.20. The van der Waals surface area contributed by atoms with Crippen LogP contribution < -0.4 is 15.8 Å². The molecule has 0 spiro atoms. The molecule has 2 atom stereocenters. The number of hydrogen-bond donors (Lipinski definition) is 2. The summed E-state index contributed by atoms with van der Waals surface area (Å²) in [5.74, 6) is 0.891. The van der Waals surface area contributed by atoms with E-state index in [9.17, 15) is 0 Å². The van der Waals surface area contributed by atoms with Gasteiger partial charge in [0.25, 0.3) is 0 Å². The summed E-state index contributed by atoms with van der Waals surface area (Å²) < 4.78 is 5.18. The molecule has 2 unspecified atom stereocenters. The average molecular weight is 206 g/mol. The van der Waals surface area contributed by atoms with Crippen LogP contribution in [0.15, 0.2) is 24.3 Å². The number of hydrogen-bond acceptors (Lipinski definition) is 3. The molecule has 0 radical (unpaired) electrons. The molecule has 0 heterocycles. The Bertz CT molecular complexity index is 327. The van der Waals surface area contributed by atoms with Gasteiger partial charge in [-0.25, -0.2) is 0 Å². The van der Waals surface area contributed by atoms with Gasteiger partial charge in [-0.2, -0.15) is 0 Å². The number of nitrogens with one attached hydrogen (secondary N) is 1. The lowest BCUT2D eigenvalue weighted by atomic mass is 10.2. The van der Waals surface area contributed by atoms with Crippen LogP contribution in [0, 0.1) is 0 Å². The first-order chi connectivity index (χ1) is 7.28. The van der Waals surface area contributed by atoms with E-state index in [1.807, 2.05) is 18.2 Å². The van der Waals surface area contributed by atoms with E-state index < -0.39 is 0 Å². The molecule has 1 aliphatic carbocycles. The van der Waals surface area contributed by atoms with Crippen LogP contribution in [0.2, 0.25) is 0 Å². The second-order valence-corrected chi connectivity index (χ2v) is 4.15. The lowest BCUT2D eigenvalue weighted by molar-refractivity contribution is 0.415. The Morgan fingerprint density at radius 3 is 2.93 bits per heavy atom. The Morgan fingerprint density at radius 2 is 2.27 bits per heavy atom. The van der Waals surface area contributed by atoms with E-state index in [1.165, 1.54) is 6.42 Å². The number of nitrogens with two attached hydrogens (primary N) is 1. The van der Waals surface area contributed by atoms with Crippen molar-refractivity contribution in [3.63, 3.8) is 0 Å². The van der Waals surface area contributed by atoms with Gasteiger partial charge in [0.1, 0.15) is 5.75 Å². The Labute approximate surface area is 90.6 Å². The molecule has 1 aromatic rings. The van der Waals surface area contributed by atoms with Crippen LogP contribution in [0.5, 0.6) is 5.75 Å². The molecule has 1 fully saturated rings. The summed E-state index contributed by atoms with van der Waals surface area (Å²) in [6.45, 7) is 0. The molecule has 2 rings (SSSR count). The van der Waals surface area contributed by atoms with Crippen molar-refractivity contribution >= 4 is 5.69 Å². The third kappa shape index (κ3) is 2.63. The molecule has 15 heavy (non-hydrogen) atoms. The minimum Gasteiger partial charge on any atom is -0.497 e. The van der Waals surface area contributed by atoms with E-state index in [1.54, 1.807) is 7.11 Å². The summed E-state index contributed by atoms with van der Waals surface area (Å²) in [4.78, 5) is 0. The summed E-state index contributed by atoms with van der Waals surface area (Å²) in [7, 11) is 1.69. The van der Waals surface area contributed by atoms with Gasteiger partial charge in [-0.3, -0.25) is 0 Å². The molecule has 3 heteroatoms. The predicted octanol–water partition coefficient (Wildman–Crippen LogP) is 1.99. The maximum absolute atomic E-state index is 5.87. The first kappa shape index (κ1) is 10.3. The highest BCUT2D eigenvalue weighted by molar-refractivity contribution is 5.49. The van der Waals surface area contributed by atoms with Crippen LogP contribution in [0.3, 0.4) is 0 Å². The molecule has 1 aliphatic rings. The molecule has 3 nitrogen and oxygen atoms in total. The zero-order chi connectivity index (χ0) is 10.7. The summed E-state index contributed by atoms with van der Waals surface area (Å²) >= 11 is 0. The molecule has 1 saturated carbocycles. The monoisotopic (exact) mass is 206 g/mol. The van der Waals surface area contributed by atoms with Crippen molar-refractivity contribution < 1.29 is 4.74 Å². The van der Waals surface area contributed by atoms with Gasteiger partial charge >= 0.3 is 0 Å². The Kier molecular flexibility index (Phi) is 3.11. The Morgan fingerprint density at radius 1 is 1.40 bits per heavy atom. The second kappa shape index (κ2) is 4.53. The van der Waals surface area contributed by atoms with Gasteiger partial charge in [-0.05, 0) is 31.4 Å². The summed E-state index contributed by atoms with van der Waals surface area (Å²) in [6.07, 6.45) is 3.36. The fourth-order valence-electron chi connectivity index (χ4n) is 2.10. The minimum atomic E-state index is 0.369. The van der Waals surface area contributed by atoms with Crippen LogP contribution in [0.25, 0.3) is 0 Å². The van der Waals surface area contributed by atoms with Gasteiger partial charge in [-0.1, -0.05) is 6.07 Å². The van der Waals surface area contributed by atoms with Crippen molar-refractivity contribution in [2.75, 3.05) is 12.4 Å². The molecular formula is C12H18N2O. The normalized spacial score (nSPS) is 25.2. The van der Waals surface area contributed by atoms with Crippen molar-refractivity contribution in [1.82, 2.24) is 0 Å². The SMILES string of the molecule is COc1cccc(NC2CCC(N)C2)c1. The van der Waals surface area contributed by atoms with Crippen molar-refractivity contribution in [2.45, 2.75) is 31.3 Å². The summed E-state index contributed by atoms with van der Waals surface area (Å²) in [5, 5.41) is 3.49. The Balaban J connectivity index is 1.98. The van der Waals surface area contributed by atoms with Gasteiger partial charge in [-0.15, -0.1) is 0 Å². The van der Waals surface area contributed by atoms with E-state index in [0.717, 1.165) is 24.3 Å². The van der Waals surface area contributed by atoms with Crippen molar-refractivity contribution in [3.05, 3.63) is 24.3 Å². The van der Waals surface area contributed by atoms with E-state index in [2.05, 4.69) is 11.4 Å². The number of anilines is 1. The maximum Gasteiger partial charge on any atom is 0.120 e. The van der Waals surface area contributed by atoms with Gasteiger partial charge in [0, 0.05) is 23.8 Å². The molecular weight excluding hydrogens is 188 g/mol. The molecule has 1 aromatic carbocycles. The number of ether oxygens (including phenoxy) is 1. The van der Waals surface area contributed by atoms with E-state index >= 15 is 0 Å². The van der Waals surface area contributed by atoms with Crippen LogP contribution in [0.4, 0.5) is 5.69 Å². The zero-order valence-electron chi connectivity index (χ0n) is 9.07. The quantitative estimate of drug-likeness (QED) is 0.795. The topological polar surface area (TPSA) is 47.3 Å². The van der Waals surface area contributed by atoms with Crippen LogP contribution in [-0.2, 0) is 0 Å². The third-order valence-corrected chi connectivity index (χ3v) is 2.91. The molecule has 0 amide bonds. The first-order valence-electron chi connectivity index (χ1n) is 5.44. The molecule has 0 saturated heterocycles. The van der Waals surface area contributed by atoms with Gasteiger partial charge < -0.3 is 15.8 Å². The van der Waals surface area contributed by atoms with Crippen LogP contribution in [0.1, 0.15) is 19.3 Å². The number of rotatable bonds is 3. The lowest BCUT2D eigenvalue weighted by Gasteiger charge is -2.14. The molecule has 0 aromatic heterocycles. The van der Waals surface area contributed by atoms with Crippen LogP contribution in [-0.4, -0.2) is 19.2 Å². The Hall–Kier alpha value is -1.22. The highest BCUT2D eigenvalue weighted by Crippen LogP contribution is 2.23. The average Bonchev–Trinajstić information content (AvgIpc) is 2.64. The highest BCUT2D eigenvalue weighted by atomic mass is 16.5. The van der Waals surface area contributed by atoms with E-state index in [4.69, 9.17) is 10.5 Å². The highest BCUT2D eigenvalue weighted by Gasteiger charge is 2.21. The largest absolute Gasteiger partial charge is 0.497 e. The number of methoxy groups -OCH3 is 1. The zero-order valence-corrected chi connectivity index (χ0v) is 9.07. The van der Waals surface area contributed by atoms with Crippen molar-refractivity contribution in [3.8, 4) is 5.75 Å². The minimum absolute atomic E-state index is 0.369. The molecule has 3 N–H and O–H groups in total. The van der Waals surface area contributed by atoms with Gasteiger partial charge in [0.05, 0.1) is 7.11 Å². The first-order valence-corrected chi connectivity index (χ1v) is 5.44. The molecule has 82 valence electrons. The van der Waals surface area contributed by atoms with Crippen molar-refractivity contribution in [2.24, 2.45) is 5.73 Å². The van der Waals surface area contributed by atoms with E-state index in [-0.39, 0.29) is 0 Å². The van der Waals surface area contributed by atoms with E-state index in [0.29, 0.717) is 12.1 Å². The van der Waals surface area contributed by atoms with Gasteiger partial charge in [0.2, 0.25) is 0 Å². The van der Waals surface area contributed by atoms with Crippen molar-refractivity contribution in [1.29, 1.82) is 0 Å². The fourth-order valence-corrected chi connectivity index (χ4v) is 2.10. The smallest absolute Gasteiger partial charge is 0.120 e.